The number of nitrogens with one attached hydrogen (secondary N) is 2. The smallest absolute Gasteiger partial charge is 0.326 e. The molecule has 0 bridgehead atoms. The van der Waals surface area contributed by atoms with Gasteiger partial charge in [-0.05, 0) is 32.4 Å². The number of carbonyl (C=O) groups is 2. The molecule has 0 spiro atoms. The fourth-order valence-corrected chi connectivity index (χ4v) is 3.52. The molecule has 28 heavy (non-hydrogen) atoms. The Morgan fingerprint density at radius 2 is 2.00 bits per heavy atom. The van der Waals surface area contributed by atoms with Crippen molar-refractivity contribution in [2.24, 2.45) is 0 Å². The first-order valence-electron chi connectivity index (χ1n) is 9.26. The summed E-state index contributed by atoms with van der Waals surface area (Å²) >= 11 is 0. The number of aryl methyl sites for hydroxylation is 1. The molecule has 1 aliphatic heterocycles. The number of aromatic nitrogens is 2. The number of carboxylic acid groups (broad SMARTS) is 1. The van der Waals surface area contributed by atoms with Crippen LogP contribution in [-0.4, -0.2) is 33.1 Å². The Kier molecular flexibility index (Phi) is 5.22. The van der Waals surface area contributed by atoms with Crippen LogP contribution < -0.4 is 16.2 Å². The maximum Gasteiger partial charge on any atom is 0.326 e. The van der Waals surface area contributed by atoms with Gasteiger partial charge in [-0.25, -0.2) is 9.78 Å². The molecule has 1 amide bonds. The van der Waals surface area contributed by atoms with Gasteiger partial charge in [0.25, 0.3) is 5.56 Å². The number of carbonyl (C=O) groups excluding carboxylic acids is 1. The number of benzene rings is 1. The second-order valence-corrected chi connectivity index (χ2v) is 7.21. The van der Waals surface area contributed by atoms with Gasteiger partial charge in [0, 0.05) is 18.7 Å². The number of nitrogens with zero attached hydrogens (tertiary/aromatic N) is 2. The van der Waals surface area contributed by atoms with Gasteiger partial charge in [-0.2, -0.15) is 0 Å². The lowest BCUT2D eigenvalue weighted by Gasteiger charge is -2.23. The van der Waals surface area contributed by atoms with Crippen LogP contribution in [0, 0.1) is 6.92 Å². The van der Waals surface area contributed by atoms with E-state index in [1.165, 1.54) is 0 Å². The van der Waals surface area contributed by atoms with E-state index in [1.807, 2.05) is 13.0 Å². The SMILES string of the molecule is CCCNc1c(C)nc2n(c1=O)[C@@H](C(=O)O)C[C@]2(C)C(=O)Nc1ccccc1. The number of anilines is 2. The van der Waals surface area contributed by atoms with Crippen LogP contribution >= 0.6 is 0 Å². The van der Waals surface area contributed by atoms with Crippen LogP contribution in [0.1, 0.15) is 44.2 Å². The Bertz CT molecular complexity index is 970. The molecule has 3 N–H and O–H groups in total. The summed E-state index contributed by atoms with van der Waals surface area (Å²) in [6, 6.07) is 7.75. The monoisotopic (exact) mass is 384 g/mol. The van der Waals surface area contributed by atoms with Crippen molar-refractivity contribution in [3.8, 4) is 0 Å². The fraction of sp³-hybridized carbons (Fsp3) is 0.400. The molecule has 1 aliphatic rings. The standard InChI is InChI=1S/C20H24N4O4/c1-4-10-21-15-12(2)22-18-20(3,11-14(17(26)27)24(18)16(15)25)19(28)23-13-8-6-5-7-9-13/h5-9,14,21H,4,10-11H2,1-3H3,(H,23,28)(H,26,27)/t14-,20+/m1/s1. The number of amides is 1. The molecular formula is C20H24N4O4. The van der Waals surface area contributed by atoms with E-state index in [2.05, 4.69) is 15.6 Å². The minimum Gasteiger partial charge on any atom is -0.480 e. The predicted molar refractivity (Wildman–Crippen MR) is 106 cm³/mol. The zero-order chi connectivity index (χ0) is 20.5. The van der Waals surface area contributed by atoms with Crippen molar-refractivity contribution in [1.29, 1.82) is 0 Å². The summed E-state index contributed by atoms with van der Waals surface area (Å²) in [4.78, 5) is 42.5. The average Bonchev–Trinajstić information content (AvgIpc) is 2.97. The third kappa shape index (κ3) is 3.26. The molecule has 2 atom stereocenters. The first-order chi connectivity index (χ1) is 13.3. The Labute approximate surface area is 162 Å². The van der Waals surface area contributed by atoms with Gasteiger partial charge >= 0.3 is 5.97 Å². The van der Waals surface area contributed by atoms with Gasteiger partial charge < -0.3 is 15.7 Å². The molecule has 0 saturated heterocycles. The van der Waals surface area contributed by atoms with Crippen LogP contribution in [0.25, 0.3) is 0 Å². The predicted octanol–water partition coefficient (Wildman–Crippen LogP) is 2.30. The molecule has 3 rings (SSSR count). The maximum absolute atomic E-state index is 13.1. The van der Waals surface area contributed by atoms with E-state index in [0.29, 0.717) is 17.9 Å². The van der Waals surface area contributed by atoms with Crippen LogP contribution in [0.4, 0.5) is 11.4 Å². The number of rotatable bonds is 6. The van der Waals surface area contributed by atoms with Crippen molar-refractivity contribution in [1.82, 2.24) is 9.55 Å². The number of hydrogen-bond acceptors (Lipinski definition) is 5. The summed E-state index contributed by atoms with van der Waals surface area (Å²) in [6.45, 7) is 5.85. The van der Waals surface area contributed by atoms with Gasteiger partial charge in [-0.3, -0.25) is 14.2 Å². The van der Waals surface area contributed by atoms with E-state index in [9.17, 15) is 19.5 Å². The molecule has 0 fully saturated rings. The lowest BCUT2D eigenvalue weighted by atomic mass is 9.85. The molecule has 0 radical (unpaired) electrons. The maximum atomic E-state index is 13.1. The Morgan fingerprint density at radius 1 is 1.32 bits per heavy atom. The van der Waals surface area contributed by atoms with Crippen molar-refractivity contribution < 1.29 is 14.7 Å². The van der Waals surface area contributed by atoms with Gasteiger partial charge in [-0.1, -0.05) is 25.1 Å². The van der Waals surface area contributed by atoms with E-state index in [-0.39, 0.29) is 17.9 Å². The van der Waals surface area contributed by atoms with Crippen molar-refractivity contribution in [2.45, 2.75) is 45.1 Å². The minimum absolute atomic E-state index is 0.0418. The first kappa shape index (κ1) is 19.6. The van der Waals surface area contributed by atoms with Crippen molar-refractivity contribution in [2.75, 3.05) is 17.2 Å². The number of carboxylic acids is 1. The molecule has 148 valence electrons. The molecule has 2 heterocycles. The van der Waals surface area contributed by atoms with Crippen LogP contribution in [0.2, 0.25) is 0 Å². The Morgan fingerprint density at radius 3 is 2.61 bits per heavy atom. The van der Waals surface area contributed by atoms with Crippen molar-refractivity contribution >= 4 is 23.3 Å². The van der Waals surface area contributed by atoms with Crippen molar-refractivity contribution in [3.05, 3.63) is 52.2 Å². The highest BCUT2D eigenvalue weighted by atomic mass is 16.4. The van der Waals surface area contributed by atoms with E-state index >= 15 is 0 Å². The van der Waals surface area contributed by atoms with E-state index in [0.717, 1.165) is 11.0 Å². The second kappa shape index (κ2) is 7.46. The Balaban J connectivity index is 2.09. The van der Waals surface area contributed by atoms with Gasteiger partial charge in [-0.15, -0.1) is 0 Å². The van der Waals surface area contributed by atoms with Gasteiger partial charge in [0.1, 0.15) is 23.0 Å². The molecule has 1 aromatic carbocycles. The normalized spacial score (nSPS) is 20.5. The van der Waals surface area contributed by atoms with Crippen LogP contribution in [0.15, 0.2) is 35.1 Å². The summed E-state index contributed by atoms with van der Waals surface area (Å²) in [7, 11) is 0. The highest BCUT2D eigenvalue weighted by molar-refractivity contribution is 5.99. The summed E-state index contributed by atoms with van der Waals surface area (Å²) in [6.07, 6.45) is 0.764. The number of hydrogen-bond donors (Lipinski definition) is 3. The second-order valence-electron chi connectivity index (χ2n) is 7.21. The molecule has 8 heteroatoms. The van der Waals surface area contributed by atoms with Crippen molar-refractivity contribution in [3.63, 3.8) is 0 Å². The molecule has 8 nitrogen and oxygen atoms in total. The number of fused-ring (bicyclic) bond motifs is 1. The third-order valence-electron chi connectivity index (χ3n) is 5.07. The largest absolute Gasteiger partial charge is 0.480 e. The molecular weight excluding hydrogens is 360 g/mol. The number of para-hydroxylation sites is 1. The molecule has 2 aromatic rings. The summed E-state index contributed by atoms with van der Waals surface area (Å²) in [5, 5.41) is 15.5. The lowest BCUT2D eigenvalue weighted by molar-refractivity contribution is -0.141. The van der Waals surface area contributed by atoms with Crippen LogP contribution in [0.3, 0.4) is 0 Å². The number of aliphatic carboxylic acids is 1. The topological polar surface area (TPSA) is 113 Å². The first-order valence-corrected chi connectivity index (χ1v) is 9.26. The highest BCUT2D eigenvalue weighted by Crippen LogP contribution is 2.40. The lowest BCUT2D eigenvalue weighted by Crippen LogP contribution is -2.38. The van der Waals surface area contributed by atoms with Gasteiger partial charge in [0.05, 0.1) is 5.69 Å². The summed E-state index contributed by atoms with van der Waals surface area (Å²) in [5.41, 5.74) is -0.371. The molecule has 1 aromatic heterocycles. The van der Waals surface area contributed by atoms with Gasteiger partial charge in [0.15, 0.2) is 0 Å². The third-order valence-corrected chi connectivity index (χ3v) is 5.07. The van der Waals surface area contributed by atoms with Gasteiger partial charge in [0.2, 0.25) is 5.91 Å². The van der Waals surface area contributed by atoms with Crippen LogP contribution in [0.5, 0.6) is 0 Å². The quantitative estimate of drug-likeness (QED) is 0.704. The highest BCUT2D eigenvalue weighted by Gasteiger charge is 2.51. The molecule has 0 aliphatic carbocycles. The van der Waals surface area contributed by atoms with Crippen LogP contribution in [-0.2, 0) is 15.0 Å². The van der Waals surface area contributed by atoms with E-state index < -0.39 is 28.9 Å². The summed E-state index contributed by atoms with van der Waals surface area (Å²) < 4.78 is 1.15. The Hall–Kier alpha value is -3.16. The zero-order valence-electron chi connectivity index (χ0n) is 16.2. The van der Waals surface area contributed by atoms with E-state index in [1.54, 1.807) is 38.1 Å². The molecule has 0 saturated carbocycles. The molecule has 0 unspecified atom stereocenters. The fourth-order valence-electron chi connectivity index (χ4n) is 3.52. The minimum atomic E-state index is -1.24. The summed E-state index contributed by atoms with van der Waals surface area (Å²) in [5.74, 6) is -1.37. The average molecular weight is 384 g/mol. The zero-order valence-corrected chi connectivity index (χ0v) is 16.2. The van der Waals surface area contributed by atoms with E-state index in [4.69, 9.17) is 0 Å².